The van der Waals surface area contributed by atoms with Crippen molar-refractivity contribution in [1.29, 1.82) is 0 Å². The molecule has 12 nitrogen and oxygen atoms in total. The fraction of sp³-hybridized carbons (Fsp3) is 0.690. The smallest absolute Gasteiger partial charge is 0.207 e. The minimum absolute atomic E-state index is 0.00510. The second-order valence-electron chi connectivity index (χ2n) is 28.4. The van der Waals surface area contributed by atoms with Crippen molar-refractivity contribution in [2.24, 2.45) is 80.4 Å². The summed E-state index contributed by atoms with van der Waals surface area (Å²) in [5.41, 5.74) is 0.234. The van der Waals surface area contributed by atoms with Crippen LogP contribution in [0.5, 0.6) is 23.0 Å². The van der Waals surface area contributed by atoms with Crippen molar-refractivity contribution in [3.8, 4) is 47.0 Å². The van der Waals surface area contributed by atoms with E-state index >= 15 is 4.79 Å². The maximum Gasteiger partial charge on any atom is 0.207 e. The first-order chi connectivity index (χ1) is 40.4. The molecule has 13 rings (SSSR count). The molecule has 0 amide bonds. The summed E-state index contributed by atoms with van der Waals surface area (Å²) in [6, 6.07) is 13.5. The number of likely N-dealkylation sites (N-methyl/N-ethyl adjacent to an activating group) is 1. The SMILES string of the molecule is CC[C@H]1CC[C@H]2[C@@H](C1)[C@H]1/C=C/C(=O)[C@]3(Cc4ccc(O)c(OC)c4)CCC[C@@H]3CC#CNC(=NC)Nc3cc(cc4c3OC#CC3(CCCCC3)[C@@H]3C[C@@](CNC)(C[C@]35C=C[C@H]3C[C@@H]6CCC[C@H]6O[C@@]3(O)C5)O4)[C@]13CCC[C@@H]3[C@H]2CCCO. The predicted molar refractivity (Wildman–Crippen MR) is 324 cm³/mol. The molecule has 6 N–H and O–H groups in total. The average Bonchev–Trinajstić information content (AvgIpc) is 2.75. The van der Waals surface area contributed by atoms with E-state index in [0.29, 0.717) is 85.0 Å². The quantitative estimate of drug-likeness (QED) is 0.105. The number of nitrogens with zero attached hydrogens (tertiary/aromatic N) is 1. The molecule has 0 radical (unpaired) electrons. The van der Waals surface area contributed by atoms with Gasteiger partial charge in [-0.15, -0.1) is 0 Å². The lowest BCUT2D eigenvalue weighted by atomic mass is 9.45. The zero-order valence-corrected chi connectivity index (χ0v) is 50.2. The van der Waals surface area contributed by atoms with Gasteiger partial charge in [-0.25, -0.2) is 0 Å². The van der Waals surface area contributed by atoms with Crippen LogP contribution >= 0.6 is 0 Å². The lowest BCUT2D eigenvalue weighted by molar-refractivity contribution is -0.301. The van der Waals surface area contributed by atoms with E-state index in [9.17, 15) is 15.3 Å². The Hall–Kier alpha value is -4.98. The molecule has 83 heavy (non-hydrogen) atoms. The van der Waals surface area contributed by atoms with Gasteiger partial charge in [0.05, 0.1) is 18.9 Å². The van der Waals surface area contributed by atoms with Crippen LogP contribution in [0.3, 0.4) is 0 Å². The Labute approximate surface area is 494 Å². The van der Waals surface area contributed by atoms with Crippen LogP contribution in [0, 0.1) is 99.4 Å². The van der Waals surface area contributed by atoms with Crippen LogP contribution in [-0.2, 0) is 21.4 Å². The minimum Gasteiger partial charge on any atom is -0.504 e. The van der Waals surface area contributed by atoms with Gasteiger partial charge in [-0.1, -0.05) is 94.4 Å². The van der Waals surface area contributed by atoms with Gasteiger partial charge in [-0.3, -0.25) is 15.1 Å². The van der Waals surface area contributed by atoms with Crippen LogP contribution in [0.25, 0.3) is 0 Å². The number of aliphatic hydroxyl groups is 2. The van der Waals surface area contributed by atoms with Crippen LogP contribution < -0.4 is 30.2 Å². The maximum atomic E-state index is 16.0. The highest BCUT2D eigenvalue weighted by atomic mass is 16.6. The number of phenolic OH excluding ortho intramolecular Hbond substituents is 1. The van der Waals surface area contributed by atoms with Crippen LogP contribution in [0.15, 0.2) is 59.6 Å². The van der Waals surface area contributed by atoms with Crippen LogP contribution in [0.4, 0.5) is 5.69 Å². The summed E-state index contributed by atoms with van der Waals surface area (Å²) in [5, 5.41) is 45.2. The van der Waals surface area contributed by atoms with E-state index in [2.05, 4.69) is 77.2 Å². The third kappa shape index (κ3) is 9.83. The number of anilines is 1. The minimum atomic E-state index is -1.26. The molecule has 8 fully saturated rings. The number of carbonyl (C=O) groups excluding carboxylic acids is 1. The summed E-state index contributed by atoms with van der Waals surface area (Å²) in [5.74, 6) is 11.1. The molecule has 0 aromatic heterocycles. The van der Waals surface area contributed by atoms with Gasteiger partial charge in [-0.2, -0.15) is 0 Å². The van der Waals surface area contributed by atoms with Crippen LogP contribution in [0.1, 0.15) is 179 Å². The van der Waals surface area contributed by atoms with E-state index in [1.54, 1.807) is 20.2 Å². The molecule has 4 bridgehead atoms. The average molecular weight is 1130 g/mol. The maximum absolute atomic E-state index is 16.0. The number of phenols is 1. The van der Waals surface area contributed by atoms with Gasteiger partial charge >= 0.3 is 0 Å². The molecule has 3 aliphatic heterocycles. The number of nitrogens with one attached hydrogen (secondary N) is 3. The Bertz CT molecular complexity index is 3000. The van der Waals surface area contributed by atoms with Gasteiger partial charge in [0.25, 0.3) is 0 Å². The summed E-state index contributed by atoms with van der Waals surface area (Å²) in [7, 11) is 5.40. The van der Waals surface area contributed by atoms with E-state index in [-0.39, 0.29) is 59.2 Å². The zero-order valence-electron chi connectivity index (χ0n) is 50.2. The Morgan fingerprint density at radius 2 is 1.81 bits per heavy atom. The zero-order chi connectivity index (χ0) is 57.2. The van der Waals surface area contributed by atoms with Gasteiger partial charge < -0.3 is 44.9 Å². The van der Waals surface area contributed by atoms with Gasteiger partial charge in [0.15, 0.2) is 28.8 Å². The molecule has 3 spiro atoms. The Morgan fingerprint density at radius 1 is 0.940 bits per heavy atom. The van der Waals surface area contributed by atoms with Gasteiger partial charge in [0, 0.05) is 66.7 Å². The molecule has 11 aliphatic rings. The number of aliphatic hydroxyl groups excluding tert-OH is 1. The molecule has 1 saturated heterocycles. The second kappa shape index (κ2) is 22.7. The van der Waals surface area contributed by atoms with Crippen molar-refractivity contribution in [2.45, 2.75) is 197 Å². The summed E-state index contributed by atoms with van der Waals surface area (Å²) in [6.45, 7) is 3.12. The lowest BCUT2D eigenvalue weighted by Crippen LogP contribution is -2.56. The molecular weight excluding hydrogens is 1040 g/mol. The number of aromatic hydroxyl groups is 1. The molecule has 12 heteroatoms. The second-order valence-corrected chi connectivity index (χ2v) is 28.4. The van der Waals surface area contributed by atoms with E-state index < -0.39 is 27.6 Å². The van der Waals surface area contributed by atoms with E-state index in [1.165, 1.54) is 31.2 Å². The van der Waals surface area contributed by atoms with E-state index in [1.807, 2.05) is 25.3 Å². The van der Waals surface area contributed by atoms with Gasteiger partial charge in [-0.05, 0) is 205 Å². The van der Waals surface area contributed by atoms with Crippen molar-refractivity contribution in [2.75, 3.05) is 39.7 Å². The van der Waals surface area contributed by atoms with E-state index in [4.69, 9.17) is 23.9 Å². The highest BCUT2D eigenvalue weighted by Gasteiger charge is 2.67. The fourth-order valence-electron chi connectivity index (χ4n) is 21.1. The first-order valence-corrected chi connectivity index (χ1v) is 32.8. The largest absolute Gasteiger partial charge is 0.504 e. The van der Waals surface area contributed by atoms with Crippen LogP contribution in [-0.4, -0.2) is 78.9 Å². The number of hydrogen-bond acceptors (Lipinski definition) is 10. The molecular formula is C71H94N4O8. The molecule has 2 aromatic rings. The molecule has 7 saturated carbocycles. The van der Waals surface area contributed by atoms with Crippen molar-refractivity contribution in [3.05, 3.63) is 65.8 Å². The number of allylic oxidation sites excluding steroid dienone is 3. The topological polar surface area (TPSA) is 163 Å². The monoisotopic (exact) mass is 1130 g/mol. The number of ketones is 1. The number of carbonyl (C=O) groups is 1. The number of benzene rings is 2. The molecule has 0 unspecified atom stereocenters. The third-order valence-electron chi connectivity index (χ3n) is 24.5. The Balaban J connectivity index is 0.999. The lowest BCUT2D eigenvalue weighted by Gasteiger charge is -2.59. The molecule has 2 aromatic carbocycles. The number of hydrogen-bond donors (Lipinski definition) is 6. The number of methoxy groups -OCH3 is 1. The van der Waals surface area contributed by atoms with Gasteiger partial charge in [0.2, 0.25) is 11.7 Å². The first kappa shape index (κ1) is 57.1. The van der Waals surface area contributed by atoms with Crippen molar-refractivity contribution in [1.82, 2.24) is 10.6 Å². The number of guanidine groups is 1. The summed E-state index contributed by atoms with van der Waals surface area (Å²) >= 11 is 0. The third-order valence-corrected chi connectivity index (χ3v) is 24.5. The Morgan fingerprint density at radius 3 is 2.63 bits per heavy atom. The van der Waals surface area contributed by atoms with E-state index in [0.717, 1.165) is 127 Å². The molecule has 3 heterocycles. The fourth-order valence-corrected chi connectivity index (χ4v) is 21.1. The Kier molecular flexibility index (Phi) is 15.6. The molecule has 8 aliphatic carbocycles. The highest BCUT2D eigenvalue weighted by molar-refractivity contribution is 5.97. The van der Waals surface area contributed by atoms with Crippen molar-refractivity contribution < 1.29 is 39.1 Å². The number of ether oxygens (including phenoxy) is 4. The molecule has 446 valence electrons. The normalized spacial score (nSPS) is 40.9. The number of fused-ring (bicyclic) bond motifs is 13. The van der Waals surface area contributed by atoms with Gasteiger partial charge in [0.1, 0.15) is 11.7 Å². The number of rotatable bonds is 9. The van der Waals surface area contributed by atoms with Crippen molar-refractivity contribution >= 4 is 17.4 Å². The van der Waals surface area contributed by atoms with Crippen LogP contribution in [0.2, 0.25) is 0 Å². The van der Waals surface area contributed by atoms with Crippen molar-refractivity contribution in [3.63, 3.8) is 0 Å². The predicted octanol–water partition coefficient (Wildman–Crippen LogP) is 12.3. The molecule has 16 atom stereocenters. The summed E-state index contributed by atoms with van der Waals surface area (Å²) in [6.07, 6.45) is 37.5. The number of aliphatic imine (C=N–C) groups is 1. The summed E-state index contributed by atoms with van der Waals surface area (Å²) < 4.78 is 27.8. The highest BCUT2D eigenvalue weighted by Crippen LogP contribution is 2.70. The first-order valence-electron chi connectivity index (χ1n) is 32.8. The standard InChI is InChI=1S/C71H94N4O8/c1-5-46-20-22-52-53(17-13-34-76)55-18-11-30-70(55)51-39-57(75-65(73-3)74-33-12-16-49-15-10-29-69(49,63(78)25-23-56(70)54(52)36-46)41-47-21-24-58(77)60(37-47)80-4)64-61(40-51)82-68(45-72-2)42-62(66(32-35-81-64)27-7-6-8-28-66)67(43-68)31-26-50-38-48-14-9-19-59(48)83-71(50,79)44-67/h21,23-26,31,37,39-40,46,48-50,52-56,59,62,72,76-77,79H,5-11,13-20,22,27-30,34,36,38,41-45H2,1-4H3,(H2,73,74,75)/b25-23+/t46-,48-,49+,50-,52+,53-,54+,55+,56+,59+,62-,67-,68-,69-,70-,71-/m0/s1. The summed E-state index contributed by atoms with van der Waals surface area (Å²) in [4.78, 5) is 20.8.